The topological polar surface area (TPSA) is 294 Å². The molecule has 0 amide bonds. The van der Waals surface area contributed by atoms with Crippen molar-refractivity contribution in [2.45, 2.75) is 211 Å². The van der Waals surface area contributed by atoms with E-state index < -0.39 is 119 Å². The normalized spacial score (nSPS) is 36.4. The minimum atomic E-state index is -1.99. The highest BCUT2D eigenvalue weighted by molar-refractivity contribution is 6.34. The van der Waals surface area contributed by atoms with Crippen molar-refractivity contribution in [2.24, 2.45) is 28.8 Å². The third kappa shape index (κ3) is 16.3. The Morgan fingerprint density at radius 2 is 1.59 bits per heavy atom. The fourth-order valence-corrected chi connectivity index (χ4v) is 12.4. The molecule has 1 saturated carbocycles. The molecule has 83 heavy (non-hydrogen) atoms. The molecule has 2 aromatic rings. The van der Waals surface area contributed by atoms with Crippen LogP contribution in [0.3, 0.4) is 0 Å². The van der Waals surface area contributed by atoms with E-state index in [2.05, 4.69) is 10.5 Å². The number of carbonyl (C=O) groups excluding carboxylic acids is 2. The number of aliphatic hydroxyl groups is 4. The molecule has 3 aliphatic heterocycles. The number of hydrogen-bond donors (Lipinski definition) is 6. The summed E-state index contributed by atoms with van der Waals surface area (Å²) in [6, 6.07) is 2.99. The van der Waals surface area contributed by atoms with Gasteiger partial charge in [-0.25, -0.2) is 4.79 Å². The largest absolute Gasteiger partial charge is 0.477 e. The molecule has 24 heteroatoms. The molecule has 23 nitrogen and oxygen atoms in total. The second-order valence-electron chi connectivity index (χ2n) is 24.0. The van der Waals surface area contributed by atoms with Gasteiger partial charge in [-0.2, -0.15) is 0 Å². The summed E-state index contributed by atoms with van der Waals surface area (Å²) >= 11 is 6.59. The van der Waals surface area contributed by atoms with E-state index >= 15 is 0 Å². The maximum atomic E-state index is 14.6. The molecule has 6 N–H and O–H groups in total. The van der Waals surface area contributed by atoms with Gasteiger partial charge >= 0.3 is 17.9 Å². The highest BCUT2D eigenvalue weighted by Crippen LogP contribution is 2.43. The SMILES string of the molecule is CCO/N=C1\[C@H](C)C[C@@](C)(O)[C@H](O[C@@H]2O[C@H](C)C[C@H](N(C)C)[C@H]2O)[C@@H](C)[C@H](OC2C[C@@](C)(OC)[C@@H](OC(=O)CCOCCOCCNc3cc4c(=O)c(C(=O)O)cn(C5CC5)c4cc3Cl)[C@H](C)O2)[C@@H](C)C(=O)O[C@H](CC)[C@@](C)(O)[C@H](O)[C@H]1C. The number of oxime groups is 1. The molecule has 1 aromatic heterocycles. The standard InChI is InChI=1S/C59H93ClN4O19/c1-15-44-59(11,73)51(68)33(5)47(62-77-16-2)31(3)28-57(9,72)52(83-56-49(67)43(63(12)13)25-32(4)78-56)34(6)50(35(7)55(71)80-44)82-46-29-58(10,74-14)53(36(8)79-46)81-45(65)19-21-75-23-24-76-22-20-61-41-26-38-42(27-40(41)60)64(37-17-18-37)30-39(48(38)66)54(69)70/h26-27,30-37,43-44,46,49-53,56,61,67-68,72-73H,15-25,28-29H2,1-14H3,(H,69,70)/b62-47+/t31-,32-,33+,34+,35-,36+,43+,44-,46?,49-,50+,51-,52-,53+,56+,57-,58-,59-/m1/s1. The van der Waals surface area contributed by atoms with Crippen molar-refractivity contribution < 1.29 is 87.4 Å². The minimum Gasteiger partial charge on any atom is -0.477 e. The molecule has 1 aliphatic carbocycles. The number of aliphatic hydroxyl groups excluding tert-OH is 2. The summed E-state index contributed by atoms with van der Waals surface area (Å²) < 4.78 is 58.0. The van der Waals surface area contributed by atoms with Gasteiger partial charge < -0.3 is 87.8 Å². The lowest BCUT2D eigenvalue weighted by atomic mass is 9.73. The van der Waals surface area contributed by atoms with E-state index in [1.165, 1.54) is 20.2 Å². The number of fused-ring (bicyclic) bond motifs is 1. The van der Waals surface area contributed by atoms with E-state index in [9.17, 15) is 44.7 Å². The maximum Gasteiger partial charge on any atom is 0.341 e. The summed E-state index contributed by atoms with van der Waals surface area (Å²) in [4.78, 5) is 60.4. The number of anilines is 1. The Hall–Kier alpha value is -4.08. The minimum absolute atomic E-state index is 0.00263. The first kappa shape index (κ1) is 68.0. The predicted octanol–water partition coefficient (Wildman–Crippen LogP) is 5.70. The Morgan fingerprint density at radius 3 is 2.20 bits per heavy atom. The number of likely N-dealkylation sites (N-methyl/N-ethyl adjacent to an activating group) is 1. The van der Waals surface area contributed by atoms with Gasteiger partial charge in [-0.05, 0) is 107 Å². The van der Waals surface area contributed by atoms with Gasteiger partial charge in [0, 0.05) is 61.5 Å². The van der Waals surface area contributed by atoms with Crippen LogP contribution in [0.5, 0.6) is 0 Å². The Bertz CT molecular complexity index is 2600. The number of methoxy groups -OCH3 is 1. The van der Waals surface area contributed by atoms with Crippen LogP contribution in [-0.2, 0) is 57.1 Å². The Labute approximate surface area is 492 Å². The van der Waals surface area contributed by atoms with Crippen molar-refractivity contribution in [3.63, 3.8) is 0 Å². The van der Waals surface area contributed by atoms with E-state index in [-0.39, 0.29) is 87.9 Å². The second kappa shape index (κ2) is 29.1. The molecule has 4 aliphatic rings. The number of hydrogen-bond acceptors (Lipinski definition) is 21. The summed E-state index contributed by atoms with van der Waals surface area (Å²) in [6.07, 6.45) is -7.08. The van der Waals surface area contributed by atoms with Crippen molar-refractivity contribution in [3.05, 3.63) is 39.1 Å². The van der Waals surface area contributed by atoms with Crippen LogP contribution in [-0.4, -0.2) is 204 Å². The Balaban J connectivity index is 1.12. The number of carbonyl (C=O) groups is 3. The fraction of sp³-hybridized carbons (Fsp3) is 0.780. The number of aromatic carboxylic acids is 1. The molecule has 4 heterocycles. The van der Waals surface area contributed by atoms with Crippen LogP contribution in [0.25, 0.3) is 10.9 Å². The number of nitrogens with one attached hydrogen (secondary N) is 1. The molecule has 4 fully saturated rings. The number of nitrogens with zero attached hydrogens (tertiary/aromatic N) is 3. The first-order valence-electron chi connectivity index (χ1n) is 29.3. The Kier molecular flexibility index (Phi) is 23.8. The third-order valence-electron chi connectivity index (χ3n) is 17.0. The smallest absolute Gasteiger partial charge is 0.341 e. The van der Waals surface area contributed by atoms with Crippen LogP contribution in [0.2, 0.25) is 5.02 Å². The lowest BCUT2D eigenvalue weighted by Crippen LogP contribution is -2.61. The lowest BCUT2D eigenvalue weighted by molar-refractivity contribution is -0.318. The van der Waals surface area contributed by atoms with Crippen molar-refractivity contribution in [3.8, 4) is 0 Å². The summed E-state index contributed by atoms with van der Waals surface area (Å²) in [6.45, 7) is 19.8. The quantitative estimate of drug-likeness (QED) is 0.0468. The second-order valence-corrected chi connectivity index (χ2v) is 24.4. The predicted molar refractivity (Wildman–Crippen MR) is 307 cm³/mol. The number of pyridine rings is 1. The maximum absolute atomic E-state index is 14.6. The number of esters is 2. The molecule has 3 saturated heterocycles. The van der Waals surface area contributed by atoms with Crippen molar-refractivity contribution in [2.75, 3.05) is 66.1 Å². The van der Waals surface area contributed by atoms with E-state index in [4.69, 9.17) is 59.1 Å². The van der Waals surface area contributed by atoms with Gasteiger partial charge in [0.15, 0.2) is 18.7 Å². The monoisotopic (exact) mass is 1200 g/mol. The van der Waals surface area contributed by atoms with E-state index in [1.54, 1.807) is 67.5 Å². The highest BCUT2D eigenvalue weighted by atomic mass is 35.5. The number of cyclic esters (lactones) is 1. The number of benzene rings is 1. The van der Waals surface area contributed by atoms with Crippen molar-refractivity contribution >= 4 is 51.8 Å². The van der Waals surface area contributed by atoms with Crippen molar-refractivity contribution in [1.29, 1.82) is 0 Å². The van der Waals surface area contributed by atoms with Gasteiger partial charge in [-0.1, -0.05) is 44.5 Å². The number of carboxylic acid groups (broad SMARTS) is 1. The van der Waals surface area contributed by atoms with Gasteiger partial charge in [0.05, 0.1) is 96.8 Å². The van der Waals surface area contributed by atoms with Gasteiger partial charge in [0.25, 0.3) is 0 Å². The van der Waals surface area contributed by atoms with Crippen LogP contribution >= 0.6 is 11.6 Å². The average molecular weight is 1200 g/mol. The molecule has 1 aromatic carbocycles. The van der Waals surface area contributed by atoms with Crippen LogP contribution in [0.1, 0.15) is 138 Å². The van der Waals surface area contributed by atoms with Gasteiger partial charge in [-0.15, -0.1) is 0 Å². The highest BCUT2D eigenvalue weighted by Gasteiger charge is 2.54. The fourth-order valence-electron chi connectivity index (χ4n) is 12.2. The zero-order valence-corrected chi connectivity index (χ0v) is 51.6. The summed E-state index contributed by atoms with van der Waals surface area (Å²) in [5.74, 6) is -6.15. The molecule has 0 spiro atoms. The van der Waals surface area contributed by atoms with E-state index in [0.29, 0.717) is 34.9 Å². The van der Waals surface area contributed by atoms with Gasteiger partial charge in [-0.3, -0.25) is 14.4 Å². The molecule has 470 valence electrons. The molecule has 18 atom stereocenters. The van der Waals surface area contributed by atoms with E-state index in [1.807, 2.05) is 37.4 Å². The molecule has 0 bridgehead atoms. The lowest BCUT2D eigenvalue weighted by Gasteiger charge is -2.49. The van der Waals surface area contributed by atoms with Crippen molar-refractivity contribution in [1.82, 2.24) is 9.47 Å². The molecule has 6 rings (SSSR count). The average Bonchev–Trinajstić information content (AvgIpc) is 3.13. The number of rotatable bonds is 22. The van der Waals surface area contributed by atoms with Crippen LogP contribution < -0.4 is 10.7 Å². The zero-order valence-electron chi connectivity index (χ0n) is 50.8. The molecular weight excluding hydrogens is 1100 g/mol. The first-order valence-corrected chi connectivity index (χ1v) is 29.6. The number of carboxylic acids is 1. The van der Waals surface area contributed by atoms with Crippen LogP contribution in [0, 0.1) is 23.7 Å². The summed E-state index contributed by atoms with van der Waals surface area (Å²) in [5, 5.41) is 66.6. The molecule has 1 unspecified atom stereocenters. The van der Waals surface area contributed by atoms with Crippen LogP contribution in [0.4, 0.5) is 5.69 Å². The third-order valence-corrected chi connectivity index (χ3v) is 17.4. The first-order chi connectivity index (χ1) is 39.0. The number of ether oxygens (including phenoxy) is 9. The molecular formula is C59H93ClN4O19. The van der Waals surface area contributed by atoms with E-state index in [0.717, 1.165) is 12.8 Å². The zero-order chi connectivity index (χ0) is 61.5. The van der Waals surface area contributed by atoms with Crippen LogP contribution in [0.15, 0.2) is 28.3 Å². The Morgan fingerprint density at radius 1 is 0.916 bits per heavy atom. The molecule has 0 radical (unpaired) electrons. The number of aromatic nitrogens is 1. The summed E-state index contributed by atoms with van der Waals surface area (Å²) in [5.41, 5.74) is -4.49. The van der Waals surface area contributed by atoms with Gasteiger partial charge in [0.2, 0.25) is 5.43 Å². The van der Waals surface area contributed by atoms with Gasteiger partial charge in [0.1, 0.15) is 35.6 Å². The summed E-state index contributed by atoms with van der Waals surface area (Å²) in [7, 11) is 5.18. The number of halogens is 1.